The number of aliphatic hydroxyl groups excluding tert-OH is 1. The molecular formula is C16H28N2O4. The highest BCUT2D eigenvalue weighted by Gasteiger charge is 2.28. The molecule has 0 radical (unpaired) electrons. The number of carboxylic acid groups (broad SMARTS) is 1. The van der Waals surface area contributed by atoms with Gasteiger partial charge in [0, 0.05) is 25.7 Å². The molecule has 1 aliphatic carbocycles. The summed E-state index contributed by atoms with van der Waals surface area (Å²) in [6.45, 7) is 1.82. The predicted molar refractivity (Wildman–Crippen MR) is 82.5 cm³/mol. The monoisotopic (exact) mass is 312 g/mol. The molecule has 2 rings (SSSR count). The first-order valence-electron chi connectivity index (χ1n) is 8.49. The van der Waals surface area contributed by atoms with Gasteiger partial charge in [-0.15, -0.1) is 0 Å². The zero-order valence-corrected chi connectivity index (χ0v) is 13.2. The van der Waals surface area contributed by atoms with Crippen molar-refractivity contribution in [1.82, 2.24) is 10.2 Å². The Kier molecular flexibility index (Phi) is 6.49. The third-order valence-electron chi connectivity index (χ3n) is 5.08. The van der Waals surface area contributed by atoms with Crippen LogP contribution < -0.4 is 5.32 Å². The van der Waals surface area contributed by atoms with Crippen molar-refractivity contribution >= 4 is 12.0 Å². The Morgan fingerprint density at radius 3 is 2.23 bits per heavy atom. The van der Waals surface area contributed by atoms with Gasteiger partial charge in [0.25, 0.3) is 0 Å². The van der Waals surface area contributed by atoms with Crippen LogP contribution in [0.25, 0.3) is 0 Å². The maximum Gasteiger partial charge on any atom is 0.317 e. The maximum absolute atomic E-state index is 12.3. The van der Waals surface area contributed by atoms with Crippen LogP contribution in [0.15, 0.2) is 0 Å². The summed E-state index contributed by atoms with van der Waals surface area (Å²) in [4.78, 5) is 25.1. The molecule has 0 unspecified atom stereocenters. The lowest BCUT2D eigenvalue weighted by Gasteiger charge is -2.34. The lowest BCUT2D eigenvalue weighted by atomic mass is 9.86. The molecule has 6 nitrogen and oxygen atoms in total. The number of urea groups is 1. The molecule has 1 heterocycles. The highest BCUT2D eigenvalue weighted by molar-refractivity contribution is 5.74. The fraction of sp³-hybridized carbons (Fsp3) is 0.875. The summed E-state index contributed by atoms with van der Waals surface area (Å²) < 4.78 is 0. The highest BCUT2D eigenvalue weighted by atomic mass is 16.4. The molecule has 1 aliphatic heterocycles. The van der Waals surface area contributed by atoms with Crippen molar-refractivity contribution < 1.29 is 19.8 Å². The highest BCUT2D eigenvalue weighted by Crippen LogP contribution is 2.25. The van der Waals surface area contributed by atoms with Gasteiger partial charge in [-0.2, -0.15) is 0 Å². The minimum Gasteiger partial charge on any atom is -0.481 e. The zero-order valence-electron chi connectivity index (χ0n) is 13.2. The molecule has 0 bridgehead atoms. The Morgan fingerprint density at radius 1 is 1.05 bits per heavy atom. The molecule has 126 valence electrons. The molecular weight excluding hydrogens is 284 g/mol. The number of hydrogen-bond donors (Lipinski definition) is 3. The topological polar surface area (TPSA) is 89.9 Å². The van der Waals surface area contributed by atoms with Crippen LogP contribution >= 0.6 is 0 Å². The van der Waals surface area contributed by atoms with Gasteiger partial charge in [0.05, 0.1) is 5.92 Å². The molecule has 3 N–H and O–H groups in total. The number of nitrogens with zero attached hydrogens (tertiary/aromatic N) is 1. The zero-order chi connectivity index (χ0) is 15.9. The summed E-state index contributed by atoms with van der Waals surface area (Å²) in [6, 6.07) is 0.120. The number of nitrogens with one attached hydrogen (secondary N) is 1. The Morgan fingerprint density at radius 2 is 1.68 bits per heavy atom. The van der Waals surface area contributed by atoms with Crippen LogP contribution in [-0.4, -0.2) is 52.9 Å². The summed E-state index contributed by atoms with van der Waals surface area (Å²) in [5, 5.41) is 20.9. The van der Waals surface area contributed by atoms with E-state index in [2.05, 4.69) is 5.32 Å². The Balaban J connectivity index is 1.67. The molecule has 2 fully saturated rings. The summed E-state index contributed by atoms with van der Waals surface area (Å²) >= 11 is 0. The van der Waals surface area contributed by atoms with Crippen LogP contribution in [0, 0.1) is 11.8 Å². The van der Waals surface area contributed by atoms with E-state index < -0.39 is 5.97 Å². The number of rotatable bonds is 5. The van der Waals surface area contributed by atoms with E-state index in [4.69, 9.17) is 10.2 Å². The molecule has 0 aromatic rings. The van der Waals surface area contributed by atoms with Gasteiger partial charge in [-0.25, -0.2) is 4.79 Å². The van der Waals surface area contributed by atoms with Gasteiger partial charge in [-0.1, -0.05) is 0 Å². The minimum atomic E-state index is -0.713. The van der Waals surface area contributed by atoms with Gasteiger partial charge in [0.15, 0.2) is 0 Å². The second-order valence-corrected chi connectivity index (χ2v) is 6.63. The van der Waals surface area contributed by atoms with Gasteiger partial charge in [-0.05, 0) is 57.3 Å². The summed E-state index contributed by atoms with van der Waals surface area (Å²) in [7, 11) is 0. The van der Waals surface area contributed by atoms with E-state index in [1.807, 2.05) is 4.90 Å². The summed E-state index contributed by atoms with van der Waals surface area (Å²) in [6.07, 6.45) is 6.76. The fourth-order valence-electron chi connectivity index (χ4n) is 3.56. The molecule has 6 heteroatoms. The molecule has 0 spiro atoms. The van der Waals surface area contributed by atoms with Gasteiger partial charge in [0.1, 0.15) is 0 Å². The number of aliphatic hydroxyl groups is 1. The van der Waals surface area contributed by atoms with Gasteiger partial charge >= 0.3 is 12.0 Å². The van der Waals surface area contributed by atoms with Crippen molar-refractivity contribution in [3.05, 3.63) is 0 Å². The fourth-order valence-corrected chi connectivity index (χ4v) is 3.56. The first-order valence-corrected chi connectivity index (χ1v) is 8.49. The average molecular weight is 312 g/mol. The molecule has 1 saturated carbocycles. The molecule has 0 atom stereocenters. The van der Waals surface area contributed by atoms with Crippen molar-refractivity contribution in [2.75, 3.05) is 19.7 Å². The lowest BCUT2D eigenvalue weighted by molar-refractivity contribution is -0.142. The van der Waals surface area contributed by atoms with Crippen molar-refractivity contribution in [3.63, 3.8) is 0 Å². The number of piperidine rings is 1. The molecule has 1 saturated heterocycles. The molecule has 22 heavy (non-hydrogen) atoms. The number of likely N-dealkylation sites (tertiary alicyclic amines) is 1. The van der Waals surface area contributed by atoms with Gasteiger partial charge in [-0.3, -0.25) is 4.79 Å². The van der Waals surface area contributed by atoms with Crippen molar-refractivity contribution in [3.8, 4) is 0 Å². The van der Waals surface area contributed by atoms with Gasteiger partial charge in [0.2, 0.25) is 0 Å². The van der Waals surface area contributed by atoms with E-state index in [9.17, 15) is 9.59 Å². The smallest absolute Gasteiger partial charge is 0.317 e. The van der Waals surface area contributed by atoms with E-state index in [0.29, 0.717) is 18.8 Å². The Labute approximate surface area is 131 Å². The van der Waals surface area contributed by atoms with E-state index in [-0.39, 0.29) is 24.6 Å². The number of aliphatic carboxylic acids is 1. The third kappa shape index (κ3) is 4.87. The van der Waals surface area contributed by atoms with Crippen LogP contribution in [0.4, 0.5) is 4.79 Å². The molecule has 2 aliphatic rings. The Bertz CT molecular complexity index is 372. The Hall–Kier alpha value is -1.30. The second-order valence-electron chi connectivity index (χ2n) is 6.63. The normalized spacial score (nSPS) is 26.7. The largest absolute Gasteiger partial charge is 0.481 e. The summed E-state index contributed by atoms with van der Waals surface area (Å²) in [5.41, 5.74) is 0. The van der Waals surface area contributed by atoms with E-state index >= 15 is 0 Å². The van der Waals surface area contributed by atoms with Crippen LogP contribution in [0.3, 0.4) is 0 Å². The van der Waals surface area contributed by atoms with Crippen LogP contribution in [0.1, 0.15) is 51.4 Å². The van der Waals surface area contributed by atoms with Crippen molar-refractivity contribution in [2.24, 2.45) is 11.8 Å². The number of carbonyl (C=O) groups excluding carboxylic acids is 1. The quantitative estimate of drug-likeness (QED) is 0.722. The van der Waals surface area contributed by atoms with E-state index in [1.54, 1.807) is 0 Å². The predicted octanol–water partition coefficient (Wildman–Crippen LogP) is 1.82. The molecule has 0 aromatic carbocycles. The maximum atomic E-state index is 12.3. The average Bonchev–Trinajstić information content (AvgIpc) is 2.54. The number of amides is 2. The minimum absolute atomic E-state index is 0.000571. The van der Waals surface area contributed by atoms with Crippen molar-refractivity contribution in [1.29, 1.82) is 0 Å². The van der Waals surface area contributed by atoms with E-state index in [1.165, 1.54) is 0 Å². The first kappa shape index (κ1) is 17.1. The first-order chi connectivity index (χ1) is 10.6. The van der Waals surface area contributed by atoms with Crippen LogP contribution in [0.5, 0.6) is 0 Å². The molecule has 0 aromatic heterocycles. The number of hydrogen-bond acceptors (Lipinski definition) is 3. The molecule has 2 amide bonds. The number of carboxylic acids is 1. The SMILES string of the molecule is O=C(O)C1CCC(NC(=O)N2CCC(CCCO)CC2)CC1. The van der Waals surface area contributed by atoms with E-state index in [0.717, 1.165) is 51.6 Å². The standard InChI is InChI=1S/C16H28N2O4/c19-11-1-2-12-7-9-18(10-8-12)16(22)17-14-5-3-13(4-6-14)15(20)21/h12-14,19H,1-11H2,(H,17,22)(H,20,21). The van der Waals surface area contributed by atoms with Crippen LogP contribution in [0.2, 0.25) is 0 Å². The number of carbonyl (C=O) groups is 2. The lowest BCUT2D eigenvalue weighted by Crippen LogP contribution is -2.48. The van der Waals surface area contributed by atoms with Crippen molar-refractivity contribution in [2.45, 2.75) is 57.4 Å². The van der Waals surface area contributed by atoms with Crippen LogP contribution in [-0.2, 0) is 4.79 Å². The van der Waals surface area contributed by atoms with Gasteiger partial charge < -0.3 is 20.4 Å². The second kappa shape index (κ2) is 8.36. The summed E-state index contributed by atoms with van der Waals surface area (Å²) in [5.74, 6) is -0.327. The third-order valence-corrected chi connectivity index (χ3v) is 5.08.